The number of hydrogen-bond donors (Lipinski definition) is 0. The van der Waals surface area contributed by atoms with Crippen LogP contribution in [0.5, 0.6) is 0 Å². The summed E-state index contributed by atoms with van der Waals surface area (Å²) in [6.07, 6.45) is 0. The van der Waals surface area contributed by atoms with E-state index in [0.717, 1.165) is 22.5 Å². The van der Waals surface area contributed by atoms with E-state index in [1.54, 1.807) is 16.7 Å². The number of aryl methyl sites for hydroxylation is 1. The van der Waals surface area contributed by atoms with Gasteiger partial charge in [0.25, 0.3) is 5.56 Å². The van der Waals surface area contributed by atoms with Gasteiger partial charge in [0, 0.05) is 17.0 Å². The summed E-state index contributed by atoms with van der Waals surface area (Å²) in [7, 11) is 0. The predicted molar refractivity (Wildman–Crippen MR) is 75.3 cm³/mol. The number of nitrogens with zero attached hydrogens (tertiary/aromatic N) is 2. The molecule has 0 spiro atoms. The lowest BCUT2D eigenvalue weighted by atomic mass is 10.1. The minimum absolute atomic E-state index is 0.0382. The Balaban J connectivity index is 2.10. The summed E-state index contributed by atoms with van der Waals surface area (Å²) in [5, 5.41) is 1.17. The Kier molecular flexibility index (Phi) is 1.96. The molecule has 1 aromatic carbocycles. The van der Waals surface area contributed by atoms with Gasteiger partial charge in [0.05, 0.1) is 23.4 Å². The molecule has 19 heavy (non-hydrogen) atoms. The largest absolute Gasteiger partial charge is 0.302 e. The van der Waals surface area contributed by atoms with Crippen molar-refractivity contribution in [2.24, 2.45) is 0 Å². The first-order valence-electron chi connectivity index (χ1n) is 6.33. The second-order valence-electron chi connectivity index (χ2n) is 4.97. The van der Waals surface area contributed by atoms with Gasteiger partial charge in [-0.25, -0.2) is 4.98 Å². The van der Waals surface area contributed by atoms with Crippen molar-refractivity contribution >= 4 is 10.9 Å². The highest BCUT2D eigenvalue weighted by Gasteiger charge is 2.20. The van der Waals surface area contributed by atoms with Crippen molar-refractivity contribution < 1.29 is 0 Å². The maximum absolute atomic E-state index is 11.9. The molecule has 0 atom stereocenters. The fraction of sp³-hybridized carbons (Fsp3) is 0.125. The van der Waals surface area contributed by atoms with Crippen LogP contribution in [0.15, 0.2) is 47.3 Å². The van der Waals surface area contributed by atoms with Gasteiger partial charge in [-0.3, -0.25) is 4.79 Å². The molecule has 3 aromatic rings. The molecule has 0 saturated carbocycles. The average Bonchev–Trinajstić information content (AvgIpc) is 2.77. The van der Waals surface area contributed by atoms with E-state index in [4.69, 9.17) is 4.98 Å². The molecule has 0 saturated heterocycles. The first-order valence-corrected chi connectivity index (χ1v) is 6.33. The number of aromatic nitrogens is 2. The van der Waals surface area contributed by atoms with Crippen molar-refractivity contribution in [2.45, 2.75) is 13.5 Å². The van der Waals surface area contributed by atoms with Gasteiger partial charge >= 0.3 is 0 Å². The van der Waals surface area contributed by atoms with E-state index in [1.807, 2.05) is 18.2 Å². The number of hydrogen-bond acceptors (Lipinski definition) is 2. The van der Waals surface area contributed by atoms with Crippen LogP contribution >= 0.6 is 0 Å². The molecule has 92 valence electrons. The highest BCUT2D eigenvalue weighted by Crippen LogP contribution is 2.31. The molecule has 0 aliphatic carbocycles. The maximum Gasteiger partial charge on any atom is 0.251 e. The average molecular weight is 248 g/mol. The van der Waals surface area contributed by atoms with E-state index in [2.05, 4.69) is 19.1 Å². The summed E-state index contributed by atoms with van der Waals surface area (Å²) in [5.74, 6) is 0. The van der Waals surface area contributed by atoms with Crippen molar-refractivity contribution in [2.75, 3.05) is 0 Å². The maximum atomic E-state index is 11.9. The van der Waals surface area contributed by atoms with E-state index in [9.17, 15) is 4.79 Å². The second-order valence-corrected chi connectivity index (χ2v) is 4.97. The van der Waals surface area contributed by atoms with Crippen LogP contribution in [-0.4, -0.2) is 9.55 Å². The minimum Gasteiger partial charge on any atom is -0.302 e. The Labute approximate surface area is 110 Å². The van der Waals surface area contributed by atoms with Gasteiger partial charge in [0.2, 0.25) is 0 Å². The zero-order valence-corrected chi connectivity index (χ0v) is 10.6. The zero-order valence-electron chi connectivity index (χ0n) is 10.6. The molecule has 1 aliphatic heterocycles. The fourth-order valence-corrected chi connectivity index (χ4v) is 2.79. The van der Waals surface area contributed by atoms with Crippen LogP contribution in [0.1, 0.15) is 11.1 Å². The van der Waals surface area contributed by atoms with Crippen molar-refractivity contribution in [1.82, 2.24) is 9.55 Å². The van der Waals surface area contributed by atoms with Gasteiger partial charge < -0.3 is 4.57 Å². The Morgan fingerprint density at radius 3 is 2.89 bits per heavy atom. The van der Waals surface area contributed by atoms with Crippen LogP contribution in [0.4, 0.5) is 0 Å². The van der Waals surface area contributed by atoms with Crippen LogP contribution < -0.4 is 5.56 Å². The Morgan fingerprint density at radius 2 is 2.00 bits per heavy atom. The second kappa shape index (κ2) is 3.54. The Morgan fingerprint density at radius 1 is 1.16 bits per heavy atom. The van der Waals surface area contributed by atoms with Crippen LogP contribution in [0.25, 0.3) is 22.3 Å². The van der Waals surface area contributed by atoms with E-state index in [-0.39, 0.29) is 5.56 Å². The van der Waals surface area contributed by atoms with Gasteiger partial charge in [-0.2, -0.15) is 0 Å². The Bertz CT molecular complexity index is 878. The molecule has 0 radical (unpaired) electrons. The topological polar surface area (TPSA) is 34.9 Å². The molecular formula is C16H12N2O. The van der Waals surface area contributed by atoms with Gasteiger partial charge in [0.15, 0.2) is 0 Å². The summed E-state index contributed by atoms with van der Waals surface area (Å²) >= 11 is 0. The quantitative estimate of drug-likeness (QED) is 0.479. The molecule has 1 aliphatic rings. The third-order valence-corrected chi connectivity index (χ3v) is 3.78. The summed E-state index contributed by atoms with van der Waals surface area (Å²) in [4.78, 5) is 16.6. The van der Waals surface area contributed by atoms with Crippen molar-refractivity contribution in [3.63, 3.8) is 0 Å². The molecule has 0 unspecified atom stereocenters. The lowest BCUT2D eigenvalue weighted by Crippen LogP contribution is -2.16. The van der Waals surface area contributed by atoms with Gasteiger partial charge in [-0.05, 0) is 30.7 Å². The number of fused-ring (bicyclic) bond motifs is 4. The molecule has 0 bridgehead atoms. The first kappa shape index (κ1) is 10.5. The number of benzene rings is 1. The lowest BCUT2D eigenvalue weighted by molar-refractivity contribution is 0.804. The first-order chi connectivity index (χ1) is 9.24. The smallest absolute Gasteiger partial charge is 0.251 e. The molecule has 3 heterocycles. The van der Waals surface area contributed by atoms with Crippen molar-refractivity contribution in [3.05, 3.63) is 63.9 Å². The molecule has 0 fully saturated rings. The van der Waals surface area contributed by atoms with E-state index >= 15 is 0 Å². The van der Waals surface area contributed by atoms with Crippen LogP contribution in [-0.2, 0) is 6.54 Å². The summed E-state index contributed by atoms with van der Waals surface area (Å²) in [5.41, 5.74) is 5.24. The van der Waals surface area contributed by atoms with Crippen molar-refractivity contribution in [3.8, 4) is 11.4 Å². The van der Waals surface area contributed by atoms with Gasteiger partial charge in [-0.15, -0.1) is 0 Å². The zero-order chi connectivity index (χ0) is 13.0. The monoisotopic (exact) mass is 248 g/mol. The molecule has 2 aromatic heterocycles. The lowest BCUT2D eigenvalue weighted by Gasteiger charge is -2.04. The summed E-state index contributed by atoms with van der Waals surface area (Å²) < 4.78 is 1.78. The van der Waals surface area contributed by atoms with Crippen molar-refractivity contribution in [1.29, 1.82) is 0 Å². The number of rotatable bonds is 0. The van der Waals surface area contributed by atoms with E-state index in [0.29, 0.717) is 6.54 Å². The van der Waals surface area contributed by atoms with Crippen LogP contribution in [0.3, 0.4) is 0 Å². The van der Waals surface area contributed by atoms with Crippen LogP contribution in [0.2, 0.25) is 0 Å². The van der Waals surface area contributed by atoms with Crippen LogP contribution in [0, 0.1) is 6.92 Å². The third kappa shape index (κ3) is 1.38. The molecule has 0 N–H and O–H groups in total. The highest BCUT2D eigenvalue weighted by atomic mass is 16.1. The summed E-state index contributed by atoms with van der Waals surface area (Å²) in [6, 6.07) is 13.6. The molecular weight excluding hydrogens is 236 g/mol. The predicted octanol–water partition coefficient (Wildman–Crippen LogP) is 2.73. The van der Waals surface area contributed by atoms with E-state index in [1.165, 1.54) is 10.9 Å². The third-order valence-electron chi connectivity index (χ3n) is 3.78. The molecule has 4 rings (SSSR count). The fourth-order valence-electron chi connectivity index (χ4n) is 2.79. The Hall–Kier alpha value is -2.42. The SMILES string of the molecule is Cc1cccc2nc3c(cc12)Cn1c-3cccc1=O. The number of pyridine rings is 2. The minimum atomic E-state index is 0.0382. The molecule has 3 nitrogen and oxygen atoms in total. The summed E-state index contributed by atoms with van der Waals surface area (Å²) in [6.45, 7) is 2.71. The standard InChI is InChI=1S/C16H12N2O/c1-10-4-2-5-13-12(10)8-11-9-18-14(16(11)17-13)6-3-7-15(18)19/h2-8H,9H2,1H3. The normalized spacial score (nSPS) is 12.5. The van der Waals surface area contributed by atoms with Gasteiger partial charge in [-0.1, -0.05) is 18.2 Å². The van der Waals surface area contributed by atoms with E-state index < -0.39 is 0 Å². The molecule has 0 amide bonds. The van der Waals surface area contributed by atoms with Gasteiger partial charge in [0.1, 0.15) is 0 Å². The highest BCUT2D eigenvalue weighted by molar-refractivity contribution is 5.86. The molecule has 3 heteroatoms.